The molecule has 0 atom stereocenters. The van der Waals surface area contributed by atoms with Gasteiger partial charge in [0.05, 0.1) is 11.2 Å². The quantitative estimate of drug-likeness (QED) is 0.610. The standard InChI is InChI=1S/C11H12BrClN2O/c1-11(2,5-10(13)16)7-15-6-8(14-3)4-9(15)12/h4,6H,5,7H2,1-2H3. The molecule has 3 nitrogen and oxygen atoms in total. The molecule has 0 fully saturated rings. The van der Waals surface area contributed by atoms with E-state index in [2.05, 4.69) is 20.8 Å². The number of nitrogens with zero attached hydrogens (tertiary/aromatic N) is 2. The van der Waals surface area contributed by atoms with E-state index in [0.29, 0.717) is 18.7 Å². The van der Waals surface area contributed by atoms with Gasteiger partial charge in [0.25, 0.3) is 0 Å². The highest BCUT2D eigenvalue weighted by molar-refractivity contribution is 9.10. The zero-order chi connectivity index (χ0) is 12.3. The molecule has 0 N–H and O–H groups in total. The predicted octanol–water partition coefficient (Wildman–Crippen LogP) is 3.98. The lowest BCUT2D eigenvalue weighted by Crippen LogP contribution is -2.21. The topological polar surface area (TPSA) is 26.4 Å². The van der Waals surface area contributed by atoms with Gasteiger partial charge in [-0.3, -0.25) is 4.79 Å². The second-order valence-corrected chi connectivity index (χ2v) is 5.69. The fourth-order valence-electron chi connectivity index (χ4n) is 1.54. The maximum absolute atomic E-state index is 10.9. The van der Waals surface area contributed by atoms with E-state index in [1.807, 2.05) is 18.4 Å². The van der Waals surface area contributed by atoms with Crippen molar-refractivity contribution in [3.63, 3.8) is 0 Å². The van der Waals surface area contributed by atoms with Gasteiger partial charge in [0.2, 0.25) is 10.9 Å². The minimum Gasteiger partial charge on any atom is -0.353 e. The molecule has 0 aromatic carbocycles. The lowest BCUT2D eigenvalue weighted by Gasteiger charge is -2.24. The molecule has 0 radical (unpaired) electrons. The second-order valence-electron chi connectivity index (χ2n) is 4.46. The summed E-state index contributed by atoms with van der Waals surface area (Å²) in [7, 11) is 0. The Hall–Kier alpha value is -0.790. The number of carbonyl (C=O) groups excluding carboxylic acids is 1. The molecule has 0 spiro atoms. The zero-order valence-corrected chi connectivity index (χ0v) is 11.5. The highest BCUT2D eigenvalue weighted by Gasteiger charge is 2.22. The highest BCUT2D eigenvalue weighted by Crippen LogP contribution is 2.29. The molecule has 16 heavy (non-hydrogen) atoms. The van der Waals surface area contributed by atoms with Crippen molar-refractivity contribution in [1.29, 1.82) is 0 Å². The molecule has 1 aromatic heterocycles. The first kappa shape index (κ1) is 13.3. The second kappa shape index (κ2) is 5.03. The van der Waals surface area contributed by atoms with Crippen LogP contribution in [0.15, 0.2) is 16.9 Å². The highest BCUT2D eigenvalue weighted by atomic mass is 79.9. The summed E-state index contributed by atoms with van der Waals surface area (Å²) in [5.74, 6) is 0. The lowest BCUT2D eigenvalue weighted by atomic mass is 9.90. The van der Waals surface area contributed by atoms with Crippen molar-refractivity contribution < 1.29 is 4.79 Å². The lowest BCUT2D eigenvalue weighted by molar-refractivity contribution is -0.113. The summed E-state index contributed by atoms with van der Waals surface area (Å²) in [4.78, 5) is 14.2. The normalized spacial score (nSPS) is 11.2. The average Bonchev–Trinajstić information content (AvgIpc) is 2.44. The molecule has 0 amide bonds. The monoisotopic (exact) mass is 302 g/mol. The molecule has 0 saturated carbocycles. The van der Waals surface area contributed by atoms with E-state index in [1.165, 1.54) is 0 Å². The molecule has 0 aliphatic heterocycles. The molecular weight excluding hydrogens is 291 g/mol. The number of carbonyl (C=O) groups is 1. The Morgan fingerprint density at radius 3 is 2.75 bits per heavy atom. The summed E-state index contributed by atoms with van der Waals surface area (Å²) in [5.41, 5.74) is 0.361. The van der Waals surface area contributed by atoms with Crippen molar-refractivity contribution in [2.75, 3.05) is 0 Å². The Morgan fingerprint density at radius 2 is 2.31 bits per heavy atom. The summed E-state index contributed by atoms with van der Waals surface area (Å²) in [5, 5.41) is -0.335. The van der Waals surface area contributed by atoms with Gasteiger partial charge in [0.15, 0.2) is 0 Å². The number of halogens is 2. The molecule has 5 heteroatoms. The van der Waals surface area contributed by atoms with Crippen LogP contribution in [0.2, 0.25) is 0 Å². The van der Waals surface area contributed by atoms with E-state index in [-0.39, 0.29) is 10.7 Å². The van der Waals surface area contributed by atoms with Crippen molar-refractivity contribution in [3.8, 4) is 0 Å². The van der Waals surface area contributed by atoms with Crippen molar-refractivity contribution in [2.45, 2.75) is 26.8 Å². The molecule has 1 rings (SSSR count). The summed E-state index contributed by atoms with van der Waals surface area (Å²) < 4.78 is 2.75. The molecule has 0 aliphatic carbocycles. The van der Waals surface area contributed by atoms with Gasteiger partial charge < -0.3 is 4.57 Å². The van der Waals surface area contributed by atoms with E-state index >= 15 is 0 Å². The smallest absolute Gasteiger partial charge is 0.222 e. The summed E-state index contributed by atoms with van der Waals surface area (Å²) in [6.07, 6.45) is 2.07. The van der Waals surface area contributed by atoms with E-state index in [9.17, 15) is 4.79 Å². The van der Waals surface area contributed by atoms with Crippen molar-refractivity contribution in [2.24, 2.45) is 5.41 Å². The molecule has 0 aliphatic rings. The zero-order valence-electron chi connectivity index (χ0n) is 9.13. The molecule has 1 aromatic rings. The Morgan fingerprint density at radius 1 is 1.69 bits per heavy atom. The molecular formula is C11H12BrClN2O. The summed E-state index contributed by atoms with van der Waals surface area (Å²) >= 11 is 8.77. The molecule has 1 heterocycles. The van der Waals surface area contributed by atoms with Gasteiger partial charge in [-0.2, -0.15) is 0 Å². The molecule has 86 valence electrons. The van der Waals surface area contributed by atoms with Crippen LogP contribution in [0.5, 0.6) is 0 Å². The van der Waals surface area contributed by atoms with E-state index in [1.54, 1.807) is 12.3 Å². The summed E-state index contributed by atoms with van der Waals surface area (Å²) in [6, 6.07) is 1.76. The average molecular weight is 304 g/mol. The van der Waals surface area contributed by atoms with Crippen molar-refractivity contribution >= 4 is 38.5 Å². The van der Waals surface area contributed by atoms with Crippen LogP contribution in [-0.2, 0) is 11.3 Å². The van der Waals surface area contributed by atoms with Crippen LogP contribution in [0.4, 0.5) is 5.69 Å². The first-order chi connectivity index (χ1) is 7.34. The first-order valence-corrected chi connectivity index (χ1v) is 5.92. The van der Waals surface area contributed by atoms with E-state index in [0.717, 1.165) is 4.60 Å². The van der Waals surface area contributed by atoms with Crippen LogP contribution >= 0.6 is 27.5 Å². The van der Waals surface area contributed by atoms with Crippen LogP contribution in [0.1, 0.15) is 20.3 Å². The van der Waals surface area contributed by atoms with Crippen LogP contribution in [0.25, 0.3) is 4.85 Å². The minimum atomic E-state index is -0.335. The van der Waals surface area contributed by atoms with Crippen LogP contribution in [0.3, 0.4) is 0 Å². The minimum absolute atomic E-state index is 0.223. The van der Waals surface area contributed by atoms with Crippen molar-refractivity contribution in [1.82, 2.24) is 4.57 Å². The van der Waals surface area contributed by atoms with Crippen LogP contribution in [0, 0.1) is 12.0 Å². The Balaban J connectivity index is 2.83. The Bertz CT molecular complexity index is 445. The van der Waals surface area contributed by atoms with Gasteiger partial charge in [-0.15, -0.1) is 0 Å². The van der Waals surface area contributed by atoms with Crippen LogP contribution in [-0.4, -0.2) is 9.81 Å². The third kappa shape index (κ3) is 3.66. The van der Waals surface area contributed by atoms with Gasteiger partial charge in [-0.1, -0.05) is 13.8 Å². The molecule has 0 bridgehead atoms. The fraction of sp³-hybridized carbons (Fsp3) is 0.455. The number of hydrogen-bond donors (Lipinski definition) is 0. The maximum atomic E-state index is 10.9. The SMILES string of the molecule is [C-]#[N+]c1cc(Br)n(CC(C)(C)CC(=O)Cl)c1. The Labute approximate surface area is 108 Å². The van der Waals surface area contributed by atoms with Gasteiger partial charge in [0, 0.05) is 19.2 Å². The number of hydrogen-bond acceptors (Lipinski definition) is 1. The summed E-state index contributed by atoms with van der Waals surface area (Å²) in [6.45, 7) is 11.5. The third-order valence-electron chi connectivity index (χ3n) is 2.17. The molecule has 0 saturated heterocycles. The van der Waals surface area contributed by atoms with Gasteiger partial charge in [-0.05, 0) is 39.0 Å². The third-order valence-corrected chi connectivity index (χ3v) is 2.99. The van der Waals surface area contributed by atoms with E-state index in [4.69, 9.17) is 18.2 Å². The van der Waals surface area contributed by atoms with E-state index < -0.39 is 0 Å². The van der Waals surface area contributed by atoms with Gasteiger partial charge in [0.1, 0.15) is 0 Å². The maximum Gasteiger partial charge on any atom is 0.222 e. The van der Waals surface area contributed by atoms with Crippen molar-refractivity contribution in [3.05, 3.63) is 28.3 Å². The largest absolute Gasteiger partial charge is 0.353 e. The van der Waals surface area contributed by atoms with Gasteiger partial charge >= 0.3 is 0 Å². The molecule has 0 unspecified atom stereocenters. The number of rotatable bonds is 4. The van der Waals surface area contributed by atoms with Gasteiger partial charge in [-0.25, -0.2) is 4.85 Å². The predicted molar refractivity (Wildman–Crippen MR) is 67.7 cm³/mol. The Kier molecular flexibility index (Phi) is 4.17. The fourth-order valence-corrected chi connectivity index (χ4v) is 2.36. The van der Waals surface area contributed by atoms with Crippen LogP contribution < -0.4 is 0 Å². The first-order valence-electron chi connectivity index (χ1n) is 4.75. The number of aromatic nitrogens is 1.